The summed E-state index contributed by atoms with van der Waals surface area (Å²) >= 11 is 42.8. The van der Waals surface area contributed by atoms with Crippen LogP contribution in [0.1, 0.15) is 18.7 Å². The van der Waals surface area contributed by atoms with Crippen molar-refractivity contribution >= 4 is 149 Å². The Morgan fingerprint density at radius 3 is 1.36 bits per heavy atom. The number of aryl methyl sites for hydroxylation is 1. The molecule has 16 heteroatoms. The summed E-state index contributed by atoms with van der Waals surface area (Å²) in [6.07, 6.45) is 2.68. The summed E-state index contributed by atoms with van der Waals surface area (Å²) in [5.41, 5.74) is 0. The molecule has 2 aromatic carbocycles. The molecule has 1 aromatic heterocycles. The van der Waals surface area contributed by atoms with Gasteiger partial charge in [-0.05, 0) is 109 Å². The average Bonchev–Trinajstić information content (AvgIpc) is 3.07. The van der Waals surface area contributed by atoms with Gasteiger partial charge < -0.3 is 15.2 Å². The van der Waals surface area contributed by atoms with Crippen molar-refractivity contribution in [3.05, 3.63) is 71.3 Å². The second-order valence-corrected chi connectivity index (χ2v) is 16.5. The van der Waals surface area contributed by atoms with Gasteiger partial charge in [-0.2, -0.15) is 99.3 Å². The topological polar surface area (TPSA) is 69.1 Å². The van der Waals surface area contributed by atoms with Crippen LogP contribution in [-0.4, -0.2) is 89.9 Å². The summed E-state index contributed by atoms with van der Waals surface area (Å²) in [7, 11) is 0. The molecule has 0 amide bonds. The molecule has 0 fully saturated rings. The van der Waals surface area contributed by atoms with E-state index in [2.05, 4.69) is 135 Å². The minimum Gasteiger partial charge on any atom is -0.390 e. The van der Waals surface area contributed by atoms with E-state index in [9.17, 15) is 0 Å². The third kappa shape index (κ3) is 34.4. The van der Waals surface area contributed by atoms with Crippen LogP contribution in [0.5, 0.6) is 0 Å². The highest BCUT2D eigenvalue weighted by atomic mass is 32.2. The van der Waals surface area contributed by atoms with Gasteiger partial charge in [-0.3, -0.25) is 0 Å². The van der Waals surface area contributed by atoms with Gasteiger partial charge in [0.05, 0.1) is 12.2 Å². The van der Waals surface area contributed by atoms with Crippen molar-refractivity contribution < 1.29 is 10.2 Å². The molecule has 3 rings (SSSR count). The number of aliphatic hydroxyl groups is 2. The molecule has 1 heterocycles. The second-order valence-electron chi connectivity index (χ2n) is 8.94. The van der Waals surface area contributed by atoms with E-state index in [0.717, 1.165) is 54.8 Å². The monoisotopic (exact) mass is 866 g/mol. The van der Waals surface area contributed by atoms with Gasteiger partial charge in [0.2, 0.25) is 0 Å². The van der Waals surface area contributed by atoms with E-state index in [1.165, 1.54) is 34.1 Å². The van der Waals surface area contributed by atoms with Crippen LogP contribution in [0.4, 0.5) is 0 Å². The first-order chi connectivity index (χ1) is 22.6. The second kappa shape index (κ2) is 37.3. The smallest absolute Gasteiger partial charge is 0.106 e. The molecule has 0 saturated heterocycles. The number of aliphatic hydroxyl groups excluding tert-OH is 2. The predicted octanol–water partition coefficient (Wildman–Crippen LogP) is 9.37. The van der Waals surface area contributed by atoms with Crippen LogP contribution >= 0.6 is 149 Å². The van der Waals surface area contributed by atoms with Crippen molar-refractivity contribution in [2.24, 2.45) is 0 Å². The largest absolute Gasteiger partial charge is 0.390 e. The number of rotatable bonds is 15. The standard InChI is InChI=1S/C12H10S3.C6H14S3.C5H6N2S.C4H10O2S2.C4H10S3/c13-9-1-5-11(6-2-9)15-12-7-3-10(14)4-8-12;7-3-1-5-9-6-2-4-8;1-4-6-3-2-5(8)7-4;5-3(1-7)4(6)2-8;5-1-3-7-4-2-6/h1-8,13-14H;7-8H,1-6H2;2-3H,1H3,(H,6,7,8);3-8H,1-2H2;5-6H,1-4H2. The maximum absolute atomic E-state index is 8.75. The van der Waals surface area contributed by atoms with E-state index in [1.807, 2.05) is 54.7 Å². The number of aromatic nitrogens is 2. The van der Waals surface area contributed by atoms with Gasteiger partial charge in [-0.15, -0.1) is 25.3 Å². The van der Waals surface area contributed by atoms with Crippen molar-refractivity contribution in [3.63, 3.8) is 0 Å². The van der Waals surface area contributed by atoms with E-state index >= 15 is 0 Å². The van der Waals surface area contributed by atoms with Crippen LogP contribution in [0.2, 0.25) is 0 Å². The fraction of sp³-hybridized carbons (Fsp3) is 0.484. The quantitative estimate of drug-likeness (QED) is 0.0423. The normalized spacial score (nSPS) is 11.2. The van der Waals surface area contributed by atoms with Crippen LogP contribution < -0.4 is 0 Å². The molecule has 0 aliphatic carbocycles. The van der Waals surface area contributed by atoms with E-state index in [1.54, 1.807) is 24.0 Å². The number of thiol groups is 8. The number of H-pyrrole nitrogens is 1. The van der Waals surface area contributed by atoms with Gasteiger partial charge >= 0.3 is 0 Å². The fourth-order valence-electron chi connectivity index (χ4n) is 2.54. The molecule has 4 nitrogen and oxygen atoms in total. The summed E-state index contributed by atoms with van der Waals surface area (Å²) in [4.78, 5) is 11.2. The van der Waals surface area contributed by atoms with Crippen molar-refractivity contribution in [2.45, 2.75) is 51.6 Å². The first kappa shape index (κ1) is 50.6. The average molecular weight is 868 g/mol. The Morgan fingerprint density at radius 2 is 1.06 bits per heavy atom. The Kier molecular flexibility index (Phi) is 40.1. The molecule has 268 valence electrons. The molecule has 2 unspecified atom stereocenters. The van der Waals surface area contributed by atoms with Gasteiger partial charge in [0.25, 0.3) is 0 Å². The summed E-state index contributed by atoms with van der Waals surface area (Å²) < 4.78 is 0.734. The van der Waals surface area contributed by atoms with Gasteiger partial charge in [0.15, 0.2) is 0 Å². The molecular weight excluding hydrogens is 817 g/mol. The van der Waals surface area contributed by atoms with Crippen LogP contribution in [0.25, 0.3) is 0 Å². The zero-order valence-electron chi connectivity index (χ0n) is 26.5. The summed E-state index contributed by atoms with van der Waals surface area (Å²) in [6.45, 7) is 1.87. The Balaban J connectivity index is 0. The highest BCUT2D eigenvalue weighted by Crippen LogP contribution is 2.28. The molecule has 2 atom stereocenters. The number of benzene rings is 2. The van der Waals surface area contributed by atoms with E-state index in [0.29, 0.717) is 0 Å². The van der Waals surface area contributed by atoms with Crippen LogP contribution in [-0.2, 0) is 0 Å². The molecule has 3 aromatic rings. The maximum Gasteiger partial charge on any atom is 0.106 e. The molecular formula is C31H50N2O2S12. The molecule has 0 radical (unpaired) electrons. The SMILES string of the molecule is Cc1nccc(=S)[nH]1.OC(CS)C(O)CS.SCCCSCCCS.SCCSCCS.Sc1ccc(Sc2ccc(S)cc2)cc1. The number of nitrogens with zero attached hydrogens (tertiary/aromatic N) is 1. The number of nitrogens with one attached hydrogen (secondary N) is 1. The lowest BCUT2D eigenvalue weighted by Crippen LogP contribution is -2.28. The highest BCUT2D eigenvalue weighted by Gasteiger charge is 2.10. The third-order valence-electron chi connectivity index (χ3n) is 4.89. The van der Waals surface area contributed by atoms with E-state index < -0.39 is 12.2 Å². The minimum atomic E-state index is -0.740. The zero-order chi connectivity index (χ0) is 35.7. The molecule has 47 heavy (non-hydrogen) atoms. The van der Waals surface area contributed by atoms with Gasteiger partial charge in [-0.1, -0.05) is 24.0 Å². The summed E-state index contributed by atoms with van der Waals surface area (Å²) in [6, 6.07) is 18.0. The highest BCUT2D eigenvalue weighted by molar-refractivity contribution is 8.00. The van der Waals surface area contributed by atoms with Crippen molar-refractivity contribution in [3.8, 4) is 0 Å². The molecule has 0 saturated carbocycles. The van der Waals surface area contributed by atoms with Crippen molar-refractivity contribution in [2.75, 3.05) is 57.5 Å². The Bertz CT molecular complexity index is 1080. The minimum absolute atomic E-state index is 0.279. The van der Waals surface area contributed by atoms with E-state index in [-0.39, 0.29) is 11.5 Å². The van der Waals surface area contributed by atoms with Gasteiger partial charge in [-0.25, -0.2) is 4.98 Å². The zero-order valence-corrected chi connectivity index (χ0v) is 36.9. The van der Waals surface area contributed by atoms with Crippen LogP contribution in [0, 0.1) is 11.6 Å². The van der Waals surface area contributed by atoms with Crippen LogP contribution in [0.15, 0.2) is 80.4 Å². The van der Waals surface area contributed by atoms with Crippen molar-refractivity contribution in [1.82, 2.24) is 9.97 Å². The lowest BCUT2D eigenvalue weighted by molar-refractivity contribution is 0.0504. The summed E-state index contributed by atoms with van der Waals surface area (Å²) in [5.74, 6) is 10.3. The first-order valence-electron chi connectivity index (χ1n) is 14.5. The Morgan fingerprint density at radius 1 is 0.660 bits per heavy atom. The fourth-order valence-corrected chi connectivity index (χ4v) is 7.24. The molecule has 0 aliphatic heterocycles. The van der Waals surface area contributed by atoms with E-state index in [4.69, 9.17) is 22.4 Å². The molecule has 0 spiro atoms. The Hall–Kier alpha value is 1.51. The number of aromatic amines is 1. The number of hydrogen-bond acceptors (Lipinski definition) is 15. The Labute approximate surface area is 345 Å². The predicted molar refractivity (Wildman–Crippen MR) is 245 cm³/mol. The molecule has 3 N–H and O–H groups in total. The van der Waals surface area contributed by atoms with Gasteiger partial charge in [0, 0.05) is 48.8 Å². The number of hydrogen-bond donors (Lipinski definition) is 11. The lowest BCUT2D eigenvalue weighted by atomic mass is 10.3. The molecule has 0 bridgehead atoms. The maximum atomic E-state index is 8.75. The van der Waals surface area contributed by atoms with Crippen LogP contribution in [0.3, 0.4) is 0 Å². The lowest BCUT2D eigenvalue weighted by Gasteiger charge is -2.11. The molecule has 0 aliphatic rings. The van der Waals surface area contributed by atoms with Gasteiger partial charge in [0.1, 0.15) is 10.5 Å². The summed E-state index contributed by atoms with van der Waals surface area (Å²) in [5, 5.41) is 17.5. The first-order valence-corrected chi connectivity index (χ1v) is 22.7. The third-order valence-corrected chi connectivity index (χ3v) is 11.3. The number of thioether (sulfide) groups is 2. The van der Waals surface area contributed by atoms with Crippen molar-refractivity contribution in [1.29, 1.82) is 0 Å².